The van der Waals surface area contributed by atoms with Gasteiger partial charge in [0.25, 0.3) is 5.91 Å². The summed E-state index contributed by atoms with van der Waals surface area (Å²) in [4.78, 5) is 35.7. The summed E-state index contributed by atoms with van der Waals surface area (Å²) in [5, 5.41) is 2.67. The van der Waals surface area contributed by atoms with E-state index in [2.05, 4.69) is 21.2 Å². The number of ether oxygens (including phenoxy) is 1. The molecule has 0 aliphatic carbocycles. The Bertz CT molecular complexity index is 798. The molecule has 1 heterocycles. The van der Waals surface area contributed by atoms with E-state index >= 15 is 0 Å². The average molecular weight is 393 g/mol. The number of hydrogen-bond acceptors (Lipinski definition) is 4. The molecule has 1 N–H and O–H groups in total. The number of Topliss-reactive ketones (excluding diaryl/α,β-unsaturated/α-hetero) is 1. The number of amides is 1. The third-order valence-electron chi connectivity index (χ3n) is 3.37. The number of carbonyl (C=O) groups is 3. The van der Waals surface area contributed by atoms with Gasteiger partial charge < -0.3 is 14.6 Å². The zero-order valence-corrected chi connectivity index (χ0v) is 15.1. The molecular weight excluding hydrogens is 376 g/mol. The van der Waals surface area contributed by atoms with Crippen molar-refractivity contribution >= 4 is 39.3 Å². The second kappa shape index (κ2) is 7.44. The number of rotatable bonds is 5. The summed E-state index contributed by atoms with van der Waals surface area (Å²) in [5.41, 5.74) is 1.22. The lowest BCUT2D eigenvalue weighted by Crippen LogP contribution is -2.30. The van der Waals surface area contributed by atoms with Crippen LogP contribution in [0.3, 0.4) is 0 Å². The van der Waals surface area contributed by atoms with Crippen LogP contribution in [-0.2, 0) is 16.6 Å². The Morgan fingerprint density at radius 2 is 1.96 bits per heavy atom. The molecule has 6 nitrogen and oxygen atoms in total. The van der Waals surface area contributed by atoms with E-state index in [-0.39, 0.29) is 11.5 Å². The number of aryl methyl sites for hydroxylation is 1. The third-order valence-corrected chi connectivity index (χ3v) is 3.86. The summed E-state index contributed by atoms with van der Waals surface area (Å²) >= 11 is 3.31. The van der Waals surface area contributed by atoms with Gasteiger partial charge >= 0.3 is 5.97 Å². The fourth-order valence-corrected chi connectivity index (χ4v) is 2.44. The minimum Gasteiger partial charge on any atom is -0.448 e. The first-order valence-electron chi connectivity index (χ1n) is 7.22. The molecule has 1 amide bonds. The minimum absolute atomic E-state index is 0.148. The van der Waals surface area contributed by atoms with E-state index in [0.29, 0.717) is 11.3 Å². The molecule has 2 aromatic rings. The molecule has 0 radical (unpaired) electrons. The van der Waals surface area contributed by atoms with Gasteiger partial charge in [-0.15, -0.1) is 0 Å². The number of ketones is 1. The summed E-state index contributed by atoms with van der Waals surface area (Å²) in [5.74, 6) is -1.26. The van der Waals surface area contributed by atoms with Crippen LogP contribution in [0.1, 0.15) is 34.7 Å². The number of halogens is 1. The van der Waals surface area contributed by atoms with Crippen LogP contribution in [0.15, 0.2) is 41.0 Å². The number of benzene rings is 1. The molecule has 2 rings (SSSR count). The fraction of sp³-hybridized carbons (Fsp3) is 0.235. The molecule has 0 saturated carbocycles. The second-order valence-electron chi connectivity index (χ2n) is 5.33. The molecule has 0 spiro atoms. The van der Waals surface area contributed by atoms with Crippen LogP contribution >= 0.6 is 15.9 Å². The highest BCUT2D eigenvalue weighted by Gasteiger charge is 2.22. The van der Waals surface area contributed by atoms with Gasteiger partial charge in [0.2, 0.25) is 0 Å². The lowest BCUT2D eigenvalue weighted by Gasteiger charge is -2.14. The van der Waals surface area contributed by atoms with Gasteiger partial charge in [0.15, 0.2) is 11.9 Å². The Hall–Kier alpha value is -2.41. The summed E-state index contributed by atoms with van der Waals surface area (Å²) in [6, 6.07) is 8.53. The topological polar surface area (TPSA) is 77.4 Å². The first-order chi connectivity index (χ1) is 11.3. The Labute approximate surface area is 147 Å². The van der Waals surface area contributed by atoms with Crippen molar-refractivity contribution in [1.82, 2.24) is 4.57 Å². The van der Waals surface area contributed by atoms with Crippen molar-refractivity contribution in [3.05, 3.63) is 52.3 Å². The Morgan fingerprint density at radius 1 is 1.25 bits per heavy atom. The normalized spacial score (nSPS) is 11.7. The molecule has 1 aromatic heterocycles. The van der Waals surface area contributed by atoms with Crippen LogP contribution in [0, 0.1) is 0 Å². The lowest BCUT2D eigenvalue weighted by atomic mass is 10.2. The van der Waals surface area contributed by atoms with E-state index in [9.17, 15) is 14.4 Å². The molecule has 0 bridgehead atoms. The van der Waals surface area contributed by atoms with Crippen molar-refractivity contribution in [3.63, 3.8) is 0 Å². The van der Waals surface area contributed by atoms with Crippen LogP contribution < -0.4 is 5.32 Å². The number of nitrogens with one attached hydrogen (secondary N) is 1. The first kappa shape index (κ1) is 17.9. The zero-order valence-electron chi connectivity index (χ0n) is 13.5. The van der Waals surface area contributed by atoms with E-state index in [0.717, 1.165) is 4.47 Å². The largest absolute Gasteiger partial charge is 0.448 e. The Kier molecular flexibility index (Phi) is 5.56. The summed E-state index contributed by atoms with van der Waals surface area (Å²) in [7, 11) is 1.63. The van der Waals surface area contributed by atoms with Gasteiger partial charge in [0, 0.05) is 29.0 Å². The molecule has 7 heteroatoms. The maximum Gasteiger partial charge on any atom is 0.355 e. The van der Waals surface area contributed by atoms with Gasteiger partial charge in [-0.3, -0.25) is 9.59 Å². The number of anilines is 1. The highest BCUT2D eigenvalue weighted by Crippen LogP contribution is 2.16. The molecule has 0 aliphatic rings. The fourth-order valence-electron chi connectivity index (χ4n) is 2.04. The predicted molar refractivity (Wildman–Crippen MR) is 93.1 cm³/mol. The number of hydrogen-bond donors (Lipinski definition) is 1. The summed E-state index contributed by atoms with van der Waals surface area (Å²) in [6.45, 7) is 2.90. The van der Waals surface area contributed by atoms with Gasteiger partial charge in [0.1, 0.15) is 5.69 Å². The minimum atomic E-state index is -0.979. The molecular formula is C17H17BrN2O4. The molecule has 0 saturated heterocycles. The van der Waals surface area contributed by atoms with E-state index in [4.69, 9.17) is 4.74 Å². The average Bonchev–Trinajstić information content (AvgIpc) is 2.89. The van der Waals surface area contributed by atoms with Gasteiger partial charge in [-0.2, -0.15) is 0 Å². The zero-order chi connectivity index (χ0) is 17.9. The number of aromatic nitrogens is 1. The van der Waals surface area contributed by atoms with Crippen molar-refractivity contribution in [2.24, 2.45) is 7.05 Å². The van der Waals surface area contributed by atoms with Crippen LogP contribution in [0.2, 0.25) is 0 Å². The number of esters is 1. The third kappa shape index (κ3) is 4.32. The SMILES string of the molecule is CC(=O)c1cc(C(=O)O[C@@H](C)C(=O)Nc2cccc(Br)c2)n(C)c1. The van der Waals surface area contributed by atoms with E-state index in [1.165, 1.54) is 24.5 Å². The van der Waals surface area contributed by atoms with Gasteiger partial charge in [-0.25, -0.2) is 4.79 Å². The Balaban J connectivity index is 2.03. The maximum atomic E-state index is 12.2. The van der Waals surface area contributed by atoms with Gasteiger partial charge in [-0.05, 0) is 38.1 Å². The molecule has 126 valence electrons. The van der Waals surface area contributed by atoms with Gasteiger partial charge in [-0.1, -0.05) is 22.0 Å². The van der Waals surface area contributed by atoms with Crippen LogP contribution in [0.5, 0.6) is 0 Å². The van der Waals surface area contributed by atoms with Gasteiger partial charge in [0.05, 0.1) is 0 Å². The highest BCUT2D eigenvalue weighted by atomic mass is 79.9. The van der Waals surface area contributed by atoms with Crippen LogP contribution in [0.25, 0.3) is 0 Å². The molecule has 1 aromatic carbocycles. The monoisotopic (exact) mass is 392 g/mol. The number of nitrogens with zero attached hydrogens (tertiary/aromatic N) is 1. The van der Waals surface area contributed by atoms with Crippen molar-refractivity contribution in [3.8, 4) is 0 Å². The summed E-state index contributed by atoms with van der Waals surface area (Å²) in [6.07, 6.45) is 0.567. The second-order valence-corrected chi connectivity index (χ2v) is 6.24. The molecule has 1 atom stereocenters. The first-order valence-corrected chi connectivity index (χ1v) is 8.02. The predicted octanol–water partition coefficient (Wildman–Crippen LogP) is 3.17. The van der Waals surface area contributed by atoms with Crippen molar-refractivity contribution in [1.29, 1.82) is 0 Å². The number of carbonyl (C=O) groups excluding carboxylic acids is 3. The molecule has 0 fully saturated rings. The van der Waals surface area contributed by atoms with Crippen LogP contribution in [0.4, 0.5) is 5.69 Å². The quantitative estimate of drug-likeness (QED) is 0.625. The van der Waals surface area contributed by atoms with Crippen molar-refractivity contribution in [2.45, 2.75) is 20.0 Å². The Morgan fingerprint density at radius 3 is 2.54 bits per heavy atom. The van der Waals surface area contributed by atoms with E-state index in [1.807, 2.05) is 6.07 Å². The molecule has 24 heavy (non-hydrogen) atoms. The van der Waals surface area contributed by atoms with E-state index in [1.54, 1.807) is 31.4 Å². The summed E-state index contributed by atoms with van der Waals surface area (Å²) < 4.78 is 7.50. The highest BCUT2D eigenvalue weighted by molar-refractivity contribution is 9.10. The van der Waals surface area contributed by atoms with Crippen molar-refractivity contribution in [2.75, 3.05) is 5.32 Å². The molecule has 0 aliphatic heterocycles. The van der Waals surface area contributed by atoms with E-state index < -0.39 is 18.0 Å². The lowest BCUT2D eigenvalue weighted by molar-refractivity contribution is -0.123. The standard InChI is InChI=1S/C17H17BrN2O4/c1-10(21)12-7-15(20(3)9-12)17(23)24-11(2)16(22)19-14-6-4-5-13(18)8-14/h4-9,11H,1-3H3,(H,19,22)/t11-/m0/s1. The maximum absolute atomic E-state index is 12.2. The smallest absolute Gasteiger partial charge is 0.355 e. The van der Waals surface area contributed by atoms with Crippen LogP contribution in [-0.4, -0.2) is 28.3 Å². The van der Waals surface area contributed by atoms with Crippen molar-refractivity contribution < 1.29 is 19.1 Å². The molecule has 0 unspecified atom stereocenters.